The van der Waals surface area contributed by atoms with Gasteiger partial charge in [-0.1, -0.05) is 24.3 Å². The highest BCUT2D eigenvalue weighted by atomic mass is 19.1. The Labute approximate surface area is 222 Å². The van der Waals surface area contributed by atoms with Crippen LogP contribution in [-0.2, 0) is 11.2 Å². The van der Waals surface area contributed by atoms with Crippen molar-refractivity contribution in [1.82, 2.24) is 10.2 Å². The Bertz CT molecular complexity index is 1380. The van der Waals surface area contributed by atoms with Crippen molar-refractivity contribution in [2.45, 2.75) is 25.7 Å². The molecule has 5 nitrogen and oxygen atoms in total. The highest BCUT2D eigenvalue weighted by molar-refractivity contribution is 5.98. The number of rotatable bonds is 6. The van der Waals surface area contributed by atoms with Gasteiger partial charge in [-0.2, -0.15) is 5.26 Å². The van der Waals surface area contributed by atoms with E-state index in [1.807, 2.05) is 17.0 Å². The zero-order valence-electron chi connectivity index (χ0n) is 21.5. The molecule has 2 heterocycles. The smallest absolute Gasteiger partial charge is 0.253 e. The summed E-state index contributed by atoms with van der Waals surface area (Å²) in [6.45, 7) is 3.92. The molecule has 1 N–H and O–H groups in total. The Kier molecular flexibility index (Phi) is 7.55. The van der Waals surface area contributed by atoms with Crippen LogP contribution >= 0.6 is 0 Å². The fourth-order valence-corrected chi connectivity index (χ4v) is 5.67. The van der Waals surface area contributed by atoms with Crippen LogP contribution in [0.5, 0.6) is 0 Å². The van der Waals surface area contributed by atoms with Crippen molar-refractivity contribution in [3.63, 3.8) is 0 Å². The summed E-state index contributed by atoms with van der Waals surface area (Å²) >= 11 is 0. The Balaban J connectivity index is 1.51. The third-order valence-electron chi connectivity index (χ3n) is 8.03. The number of amides is 1. The number of methoxy groups -OCH3 is 1. The average molecular weight is 516 g/mol. The summed E-state index contributed by atoms with van der Waals surface area (Å²) in [6.07, 6.45) is 3.67. The first-order valence-electron chi connectivity index (χ1n) is 13.0. The van der Waals surface area contributed by atoms with E-state index in [0.717, 1.165) is 37.9 Å². The minimum Gasteiger partial charge on any atom is -0.384 e. The van der Waals surface area contributed by atoms with Crippen LogP contribution in [0.25, 0.3) is 22.3 Å². The Morgan fingerprint density at radius 3 is 2.45 bits per heavy atom. The molecule has 2 aliphatic heterocycles. The molecular formula is C31H31F2N3O2. The van der Waals surface area contributed by atoms with Crippen molar-refractivity contribution < 1.29 is 18.3 Å². The molecule has 0 aromatic heterocycles. The summed E-state index contributed by atoms with van der Waals surface area (Å²) < 4.78 is 35.0. The lowest BCUT2D eigenvalue weighted by Crippen LogP contribution is -2.44. The van der Waals surface area contributed by atoms with Crippen molar-refractivity contribution in [2.24, 2.45) is 5.41 Å². The van der Waals surface area contributed by atoms with Crippen LogP contribution in [0, 0.1) is 28.4 Å². The lowest BCUT2D eigenvalue weighted by molar-refractivity contribution is 0.0607. The zero-order valence-corrected chi connectivity index (χ0v) is 21.5. The highest BCUT2D eigenvalue weighted by Crippen LogP contribution is 2.39. The molecule has 7 heteroatoms. The number of nitriles is 1. The molecular weight excluding hydrogens is 484 g/mol. The van der Waals surface area contributed by atoms with Gasteiger partial charge in [0.2, 0.25) is 0 Å². The molecule has 0 aliphatic carbocycles. The molecule has 196 valence electrons. The molecule has 3 aromatic rings. The highest BCUT2D eigenvalue weighted by Gasteiger charge is 2.38. The fourth-order valence-electron chi connectivity index (χ4n) is 5.67. The van der Waals surface area contributed by atoms with Gasteiger partial charge in [0, 0.05) is 37.9 Å². The Morgan fingerprint density at radius 1 is 1.00 bits per heavy atom. The van der Waals surface area contributed by atoms with Crippen LogP contribution in [-0.4, -0.2) is 50.7 Å². The zero-order chi connectivity index (χ0) is 26.7. The predicted octanol–water partition coefficient (Wildman–Crippen LogP) is 5.58. The topological polar surface area (TPSA) is 65.4 Å². The van der Waals surface area contributed by atoms with Crippen molar-refractivity contribution in [3.05, 3.63) is 82.9 Å². The number of hydrogen-bond donors (Lipinski definition) is 1. The first-order valence-corrected chi connectivity index (χ1v) is 13.0. The van der Waals surface area contributed by atoms with E-state index in [4.69, 9.17) is 4.74 Å². The molecule has 1 amide bonds. The Morgan fingerprint density at radius 2 is 1.79 bits per heavy atom. The number of nitrogens with zero attached hydrogens (tertiary/aromatic N) is 2. The van der Waals surface area contributed by atoms with E-state index < -0.39 is 11.6 Å². The van der Waals surface area contributed by atoms with Crippen molar-refractivity contribution in [1.29, 1.82) is 5.26 Å². The van der Waals surface area contributed by atoms with Gasteiger partial charge in [0.25, 0.3) is 5.91 Å². The number of likely N-dealkylation sites (tertiary alicyclic amines) is 1. The molecule has 0 atom stereocenters. The molecule has 38 heavy (non-hydrogen) atoms. The summed E-state index contributed by atoms with van der Waals surface area (Å²) in [5.74, 6) is -1.14. The van der Waals surface area contributed by atoms with Gasteiger partial charge in [-0.3, -0.25) is 4.79 Å². The summed E-state index contributed by atoms with van der Waals surface area (Å²) in [6, 6.07) is 16.4. The van der Waals surface area contributed by atoms with Gasteiger partial charge in [0.05, 0.1) is 12.2 Å². The predicted molar refractivity (Wildman–Crippen MR) is 143 cm³/mol. The van der Waals surface area contributed by atoms with Crippen LogP contribution in [0.15, 0.2) is 54.6 Å². The molecule has 0 saturated carbocycles. The monoisotopic (exact) mass is 515 g/mol. The van der Waals surface area contributed by atoms with Gasteiger partial charge in [0.15, 0.2) is 0 Å². The number of hydrogen-bond acceptors (Lipinski definition) is 4. The van der Waals surface area contributed by atoms with E-state index >= 15 is 4.39 Å². The van der Waals surface area contributed by atoms with Crippen molar-refractivity contribution >= 4 is 5.91 Å². The van der Waals surface area contributed by atoms with E-state index in [0.29, 0.717) is 59.3 Å². The standard InChI is InChI=1S/C31H31F2N3O2/c1-38-15-8-21-2-6-26(29(33)16-21)25-7-5-23(17-27(25)22-3-4-24(19-34)28(32)18-22)30(37)36-13-10-31(11-14-36)9-12-35-20-31/h2-7,16-18,35H,8-15,20H2,1H3. The second-order valence-electron chi connectivity index (χ2n) is 10.3. The molecule has 5 rings (SSSR count). The number of nitrogens with one attached hydrogen (secondary N) is 1. The Hall–Kier alpha value is -3.60. The number of carbonyl (C=O) groups is 1. The molecule has 2 fully saturated rings. The third-order valence-corrected chi connectivity index (χ3v) is 8.03. The molecule has 2 saturated heterocycles. The van der Waals surface area contributed by atoms with E-state index in [1.165, 1.54) is 18.2 Å². The van der Waals surface area contributed by atoms with E-state index in [-0.39, 0.29) is 11.5 Å². The second-order valence-corrected chi connectivity index (χ2v) is 10.3. The molecule has 0 unspecified atom stereocenters. The SMILES string of the molecule is COCCc1ccc(-c2ccc(C(=O)N3CCC4(CCNC4)CC3)cc2-c2ccc(C#N)c(F)c2)c(F)c1. The van der Waals surface area contributed by atoms with Crippen LogP contribution in [0.3, 0.4) is 0 Å². The average Bonchev–Trinajstić information content (AvgIpc) is 3.39. The molecule has 0 bridgehead atoms. The van der Waals surface area contributed by atoms with Gasteiger partial charge < -0.3 is 15.0 Å². The minimum absolute atomic E-state index is 0.0696. The summed E-state index contributed by atoms with van der Waals surface area (Å²) in [5.41, 5.74) is 3.44. The maximum absolute atomic E-state index is 15.3. The minimum atomic E-state index is -0.658. The lowest BCUT2D eigenvalue weighted by Gasteiger charge is -2.39. The molecule has 2 aliphatic rings. The van der Waals surface area contributed by atoms with Crippen LogP contribution in [0.1, 0.15) is 40.7 Å². The van der Waals surface area contributed by atoms with Gasteiger partial charge in [-0.25, -0.2) is 8.78 Å². The van der Waals surface area contributed by atoms with Gasteiger partial charge in [-0.05, 0) is 90.2 Å². The lowest BCUT2D eigenvalue weighted by atomic mass is 9.77. The number of benzene rings is 3. The quantitative estimate of drug-likeness (QED) is 0.466. The number of carbonyl (C=O) groups excluding carboxylic acids is 1. The summed E-state index contributed by atoms with van der Waals surface area (Å²) in [4.78, 5) is 15.4. The van der Waals surface area contributed by atoms with Crippen LogP contribution in [0.4, 0.5) is 8.78 Å². The number of ether oxygens (including phenoxy) is 1. The third kappa shape index (κ3) is 5.20. The largest absolute Gasteiger partial charge is 0.384 e. The second kappa shape index (κ2) is 11.0. The van der Waals surface area contributed by atoms with Gasteiger partial charge in [-0.15, -0.1) is 0 Å². The number of piperidine rings is 1. The normalized spacial score (nSPS) is 16.5. The first-order chi connectivity index (χ1) is 18.4. The maximum atomic E-state index is 15.3. The van der Waals surface area contributed by atoms with Crippen LogP contribution < -0.4 is 5.32 Å². The van der Waals surface area contributed by atoms with Gasteiger partial charge in [0.1, 0.15) is 17.7 Å². The van der Waals surface area contributed by atoms with Crippen molar-refractivity contribution in [2.75, 3.05) is 39.9 Å². The van der Waals surface area contributed by atoms with Gasteiger partial charge >= 0.3 is 0 Å². The molecule has 0 radical (unpaired) electrons. The van der Waals surface area contributed by atoms with E-state index in [9.17, 15) is 14.4 Å². The number of halogens is 2. The summed E-state index contributed by atoms with van der Waals surface area (Å²) in [5, 5.41) is 12.6. The molecule has 3 aromatic carbocycles. The summed E-state index contributed by atoms with van der Waals surface area (Å²) in [7, 11) is 1.60. The fraction of sp³-hybridized carbons (Fsp3) is 0.355. The van der Waals surface area contributed by atoms with E-state index in [2.05, 4.69) is 5.32 Å². The first kappa shape index (κ1) is 26.0. The van der Waals surface area contributed by atoms with Crippen LogP contribution in [0.2, 0.25) is 0 Å². The van der Waals surface area contributed by atoms with E-state index in [1.54, 1.807) is 37.4 Å². The van der Waals surface area contributed by atoms with Crippen molar-refractivity contribution in [3.8, 4) is 28.3 Å². The maximum Gasteiger partial charge on any atom is 0.253 e. The molecule has 1 spiro atoms.